The summed E-state index contributed by atoms with van der Waals surface area (Å²) in [6, 6.07) is 8.36. The lowest BCUT2D eigenvalue weighted by molar-refractivity contribution is -0.138. The Balaban J connectivity index is 1.92. The summed E-state index contributed by atoms with van der Waals surface area (Å²) < 4.78 is 1.06. The third-order valence-corrected chi connectivity index (χ3v) is 6.32. The molecular weight excluding hydrogens is 352 g/mol. The standard InChI is InChI=1S/C19H27BrN2O/c1-18(13-21)10-11-22(14-18)17(23)19(8-3-2-4-9-19)15-6-5-7-16(20)12-15/h5-7,12H,2-4,8-11,13-14,21H2,1H3. The van der Waals surface area contributed by atoms with Gasteiger partial charge in [-0.1, -0.05) is 54.2 Å². The van der Waals surface area contributed by atoms with Crippen LogP contribution in [0.5, 0.6) is 0 Å². The lowest BCUT2D eigenvalue weighted by atomic mass is 9.68. The number of nitrogens with zero attached hydrogens (tertiary/aromatic N) is 1. The van der Waals surface area contributed by atoms with Crippen molar-refractivity contribution in [1.29, 1.82) is 0 Å². The van der Waals surface area contributed by atoms with Crippen molar-refractivity contribution < 1.29 is 4.79 Å². The van der Waals surface area contributed by atoms with Crippen LogP contribution in [0.4, 0.5) is 0 Å². The van der Waals surface area contributed by atoms with Crippen LogP contribution >= 0.6 is 15.9 Å². The van der Waals surface area contributed by atoms with Crippen LogP contribution in [0.15, 0.2) is 28.7 Å². The average molecular weight is 379 g/mol. The average Bonchev–Trinajstić information content (AvgIpc) is 2.98. The Labute approximate surface area is 147 Å². The van der Waals surface area contributed by atoms with E-state index >= 15 is 0 Å². The number of nitrogens with two attached hydrogens (primary N) is 1. The van der Waals surface area contributed by atoms with Gasteiger partial charge >= 0.3 is 0 Å². The second kappa shape index (κ2) is 6.56. The van der Waals surface area contributed by atoms with Crippen LogP contribution in [0.1, 0.15) is 51.0 Å². The van der Waals surface area contributed by atoms with Gasteiger partial charge in [-0.3, -0.25) is 4.79 Å². The van der Waals surface area contributed by atoms with Gasteiger partial charge in [-0.2, -0.15) is 0 Å². The van der Waals surface area contributed by atoms with E-state index in [1.807, 2.05) is 6.07 Å². The molecular formula is C19H27BrN2O. The molecule has 1 aliphatic heterocycles. The molecule has 1 amide bonds. The molecule has 1 saturated heterocycles. The van der Waals surface area contributed by atoms with Gasteiger partial charge in [0.05, 0.1) is 5.41 Å². The molecule has 0 bridgehead atoms. The third-order valence-electron chi connectivity index (χ3n) is 5.83. The van der Waals surface area contributed by atoms with Crippen molar-refractivity contribution in [1.82, 2.24) is 4.90 Å². The SMILES string of the molecule is CC1(CN)CCN(C(=O)C2(c3cccc(Br)c3)CCCCC2)C1. The zero-order chi connectivity index (χ0) is 16.5. The summed E-state index contributed by atoms with van der Waals surface area (Å²) in [7, 11) is 0. The van der Waals surface area contributed by atoms with Crippen molar-refractivity contribution in [2.24, 2.45) is 11.1 Å². The molecule has 126 valence electrons. The van der Waals surface area contributed by atoms with Gasteiger partial charge in [0.1, 0.15) is 0 Å². The Morgan fingerprint density at radius 2 is 2.00 bits per heavy atom. The van der Waals surface area contributed by atoms with Crippen molar-refractivity contribution in [3.05, 3.63) is 34.3 Å². The highest BCUT2D eigenvalue weighted by Crippen LogP contribution is 2.43. The van der Waals surface area contributed by atoms with E-state index in [1.165, 1.54) is 12.0 Å². The lowest BCUT2D eigenvalue weighted by Gasteiger charge is -2.39. The largest absolute Gasteiger partial charge is 0.341 e. The first-order valence-corrected chi connectivity index (χ1v) is 9.54. The van der Waals surface area contributed by atoms with Crippen LogP contribution in [0.25, 0.3) is 0 Å². The van der Waals surface area contributed by atoms with Crippen LogP contribution in [-0.2, 0) is 10.2 Å². The minimum Gasteiger partial charge on any atom is -0.341 e. The highest BCUT2D eigenvalue weighted by Gasteiger charge is 2.46. The number of hydrogen-bond acceptors (Lipinski definition) is 2. The second-order valence-corrected chi connectivity index (χ2v) is 8.56. The van der Waals surface area contributed by atoms with Gasteiger partial charge in [0, 0.05) is 17.6 Å². The first kappa shape index (κ1) is 17.0. The fourth-order valence-corrected chi connectivity index (χ4v) is 4.63. The molecule has 0 radical (unpaired) electrons. The van der Waals surface area contributed by atoms with Crippen molar-refractivity contribution in [3.8, 4) is 0 Å². The molecule has 1 aliphatic carbocycles. The van der Waals surface area contributed by atoms with Crippen molar-refractivity contribution in [3.63, 3.8) is 0 Å². The molecule has 1 heterocycles. The summed E-state index contributed by atoms with van der Waals surface area (Å²) >= 11 is 3.57. The van der Waals surface area contributed by atoms with Crippen LogP contribution in [0.2, 0.25) is 0 Å². The van der Waals surface area contributed by atoms with Gasteiger partial charge in [-0.15, -0.1) is 0 Å². The number of rotatable bonds is 3. The molecule has 2 fully saturated rings. The molecule has 2 N–H and O–H groups in total. The van der Waals surface area contributed by atoms with Gasteiger partial charge in [0.2, 0.25) is 5.91 Å². The van der Waals surface area contributed by atoms with E-state index in [4.69, 9.17) is 5.73 Å². The highest BCUT2D eigenvalue weighted by molar-refractivity contribution is 9.10. The predicted molar refractivity (Wildman–Crippen MR) is 97.3 cm³/mol. The van der Waals surface area contributed by atoms with Gasteiger partial charge in [-0.05, 0) is 48.9 Å². The predicted octanol–water partition coefficient (Wildman–Crippen LogP) is 3.85. The Bertz CT molecular complexity index is 582. The molecule has 1 aromatic rings. The maximum atomic E-state index is 13.5. The molecule has 4 heteroatoms. The molecule has 23 heavy (non-hydrogen) atoms. The van der Waals surface area contributed by atoms with E-state index in [2.05, 4.69) is 46.0 Å². The van der Waals surface area contributed by atoms with Crippen LogP contribution in [0.3, 0.4) is 0 Å². The molecule has 1 aromatic carbocycles. The number of amides is 1. The topological polar surface area (TPSA) is 46.3 Å². The maximum Gasteiger partial charge on any atom is 0.233 e. The zero-order valence-electron chi connectivity index (χ0n) is 14.0. The summed E-state index contributed by atoms with van der Waals surface area (Å²) in [6.45, 7) is 4.51. The van der Waals surface area contributed by atoms with Crippen molar-refractivity contribution >= 4 is 21.8 Å². The van der Waals surface area contributed by atoms with Gasteiger partial charge < -0.3 is 10.6 Å². The first-order chi connectivity index (χ1) is 11.0. The number of carbonyl (C=O) groups is 1. The molecule has 0 spiro atoms. The Kier molecular flexibility index (Phi) is 4.84. The zero-order valence-corrected chi connectivity index (χ0v) is 15.6. The van der Waals surface area contributed by atoms with Gasteiger partial charge in [0.15, 0.2) is 0 Å². The quantitative estimate of drug-likeness (QED) is 0.867. The van der Waals surface area contributed by atoms with Crippen LogP contribution in [-0.4, -0.2) is 30.4 Å². The van der Waals surface area contributed by atoms with Gasteiger partial charge in [-0.25, -0.2) is 0 Å². The summed E-state index contributed by atoms with van der Waals surface area (Å²) in [4.78, 5) is 15.6. The van der Waals surface area contributed by atoms with E-state index in [1.54, 1.807) is 0 Å². The minimum absolute atomic E-state index is 0.0861. The minimum atomic E-state index is -0.331. The second-order valence-electron chi connectivity index (χ2n) is 7.64. The smallest absolute Gasteiger partial charge is 0.233 e. The van der Waals surface area contributed by atoms with E-state index in [0.717, 1.165) is 49.7 Å². The number of halogens is 1. The fourth-order valence-electron chi connectivity index (χ4n) is 4.23. The van der Waals surface area contributed by atoms with E-state index in [9.17, 15) is 4.79 Å². The van der Waals surface area contributed by atoms with E-state index < -0.39 is 0 Å². The van der Waals surface area contributed by atoms with E-state index in [-0.39, 0.29) is 10.8 Å². The number of carbonyl (C=O) groups excluding carboxylic acids is 1. The van der Waals surface area contributed by atoms with Crippen molar-refractivity contribution in [2.45, 2.75) is 50.9 Å². The Morgan fingerprint density at radius 1 is 1.26 bits per heavy atom. The number of likely N-dealkylation sites (tertiary alicyclic amines) is 1. The first-order valence-electron chi connectivity index (χ1n) is 8.75. The molecule has 0 aromatic heterocycles. The monoisotopic (exact) mass is 378 g/mol. The highest BCUT2D eigenvalue weighted by atomic mass is 79.9. The van der Waals surface area contributed by atoms with Crippen LogP contribution in [0, 0.1) is 5.41 Å². The Morgan fingerprint density at radius 3 is 2.61 bits per heavy atom. The van der Waals surface area contributed by atoms with Crippen molar-refractivity contribution in [2.75, 3.05) is 19.6 Å². The van der Waals surface area contributed by atoms with E-state index in [0.29, 0.717) is 12.5 Å². The maximum absolute atomic E-state index is 13.5. The third kappa shape index (κ3) is 3.20. The lowest BCUT2D eigenvalue weighted by Crippen LogP contribution is -2.48. The summed E-state index contributed by atoms with van der Waals surface area (Å²) in [6.07, 6.45) is 6.48. The van der Waals surface area contributed by atoms with Gasteiger partial charge in [0.25, 0.3) is 0 Å². The molecule has 3 nitrogen and oxygen atoms in total. The molecule has 1 unspecified atom stereocenters. The number of benzene rings is 1. The molecule has 1 saturated carbocycles. The molecule has 2 aliphatic rings. The summed E-state index contributed by atoms with van der Waals surface area (Å²) in [5, 5.41) is 0. The number of hydrogen-bond donors (Lipinski definition) is 1. The normalized spacial score (nSPS) is 27.2. The Hall–Kier alpha value is -0.870. The molecule has 3 rings (SSSR count). The van der Waals surface area contributed by atoms with Crippen LogP contribution < -0.4 is 5.73 Å². The summed E-state index contributed by atoms with van der Waals surface area (Å²) in [5.74, 6) is 0.326. The molecule has 1 atom stereocenters. The fraction of sp³-hybridized carbons (Fsp3) is 0.632. The summed E-state index contributed by atoms with van der Waals surface area (Å²) in [5.41, 5.74) is 6.86.